The highest BCUT2D eigenvalue weighted by Crippen LogP contribution is 2.27. The summed E-state index contributed by atoms with van der Waals surface area (Å²) in [6.45, 7) is 1.65. The monoisotopic (exact) mass is 200 g/mol. The predicted octanol–water partition coefficient (Wildman–Crippen LogP) is 0.873. The van der Waals surface area contributed by atoms with Gasteiger partial charge in [0.15, 0.2) is 5.11 Å². The lowest BCUT2D eigenvalue weighted by Crippen LogP contribution is -2.56. The zero-order valence-electron chi connectivity index (χ0n) is 7.74. The van der Waals surface area contributed by atoms with Crippen LogP contribution in [0.3, 0.4) is 0 Å². The maximum absolute atomic E-state index is 5.71. The molecule has 2 rings (SSSR count). The first kappa shape index (κ1) is 9.21. The van der Waals surface area contributed by atoms with E-state index in [-0.39, 0.29) is 0 Å². The summed E-state index contributed by atoms with van der Waals surface area (Å²) in [6, 6.07) is 0.458. The molecule has 3 nitrogen and oxygen atoms in total. The Labute approximate surface area is 84.2 Å². The predicted molar refractivity (Wildman–Crippen MR) is 55.5 cm³/mol. The number of fused-ring (bicyclic) bond motifs is 1. The Bertz CT molecular complexity index is 208. The SMILES string of the molecule is NC(=S)N1CCOC2CCCCC21. The Hall–Kier alpha value is -0.350. The van der Waals surface area contributed by atoms with Gasteiger partial charge in [0.05, 0.1) is 18.8 Å². The van der Waals surface area contributed by atoms with Crippen LogP contribution in [0.25, 0.3) is 0 Å². The minimum atomic E-state index is 0.379. The molecule has 2 aliphatic rings. The molecule has 2 atom stereocenters. The van der Waals surface area contributed by atoms with E-state index >= 15 is 0 Å². The number of hydrogen-bond acceptors (Lipinski definition) is 2. The quantitative estimate of drug-likeness (QED) is 0.589. The normalized spacial score (nSPS) is 34.0. The van der Waals surface area contributed by atoms with Gasteiger partial charge in [-0.25, -0.2) is 0 Å². The molecule has 1 aliphatic heterocycles. The van der Waals surface area contributed by atoms with Gasteiger partial charge in [0, 0.05) is 6.54 Å². The van der Waals surface area contributed by atoms with Crippen LogP contribution < -0.4 is 5.73 Å². The standard InChI is InChI=1S/C9H16N2OS/c10-9(13)11-5-6-12-8-4-2-1-3-7(8)11/h7-8H,1-6H2,(H2,10,13). The van der Waals surface area contributed by atoms with E-state index in [0.717, 1.165) is 13.2 Å². The van der Waals surface area contributed by atoms with Crippen molar-refractivity contribution in [1.29, 1.82) is 0 Å². The van der Waals surface area contributed by atoms with Crippen molar-refractivity contribution in [3.8, 4) is 0 Å². The van der Waals surface area contributed by atoms with Gasteiger partial charge in [0.25, 0.3) is 0 Å². The minimum absolute atomic E-state index is 0.379. The molecule has 1 saturated carbocycles. The zero-order chi connectivity index (χ0) is 9.26. The molecule has 2 N–H and O–H groups in total. The second kappa shape index (κ2) is 3.80. The van der Waals surface area contributed by atoms with Crippen molar-refractivity contribution in [3.05, 3.63) is 0 Å². The van der Waals surface area contributed by atoms with E-state index in [2.05, 4.69) is 4.90 Å². The Morgan fingerprint density at radius 2 is 2.15 bits per heavy atom. The number of thiocarbonyl (C=S) groups is 1. The number of ether oxygens (including phenoxy) is 1. The Morgan fingerprint density at radius 3 is 2.92 bits per heavy atom. The van der Waals surface area contributed by atoms with Crippen LogP contribution in [0, 0.1) is 0 Å². The van der Waals surface area contributed by atoms with Gasteiger partial charge in [-0.3, -0.25) is 0 Å². The fourth-order valence-corrected chi connectivity index (χ4v) is 2.60. The molecule has 74 valence electrons. The average Bonchev–Trinajstić information content (AvgIpc) is 2.17. The highest BCUT2D eigenvalue weighted by Gasteiger charge is 2.34. The van der Waals surface area contributed by atoms with Gasteiger partial charge in [0.1, 0.15) is 0 Å². The minimum Gasteiger partial charge on any atom is -0.376 e. The molecular weight excluding hydrogens is 184 g/mol. The van der Waals surface area contributed by atoms with Crippen molar-refractivity contribution < 1.29 is 4.74 Å². The van der Waals surface area contributed by atoms with Crippen LogP contribution in [0.2, 0.25) is 0 Å². The Balaban J connectivity index is 2.06. The van der Waals surface area contributed by atoms with Crippen LogP contribution in [0.4, 0.5) is 0 Å². The lowest BCUT2D eigenvalue weighted by molar-refractivity contribution is -0.0632. The van der Waals surface area contributed by atoms with Crippen molar-refractivity contribution in [3.63, 3.8) is 0 Å². The number of hydrogen-bond donors (Lipinski definition) is 1. The molecule has 0 spiro atoms. The van der Waals surface area contributed by atoms with E-state index in [1.807, 2.05) is 0 Å². The third-order valence-corrected chi connectivity index (χ3v) is 3.25. The molecule has 2 fully saturated rings. The summed E-state index contributed by atoms with van der Waals surface area (Å²) in [4.78, 5) is 2.14. The summed E-state index contributed by atoms with van der Waals surface area (Å²) in [7, 11) is 0. The largest absolute Gasteiger partial charge is 0.376 e. The van der Waals surface area contributed by atoms with Crippen LogP contribution >= 0.6 is 12.2 Å². The highest BCUT2D eigenvalue weighted by atomic mass is 32.1. The first-order valence-electron chi connectivity index (χ1n) is 4.97. The third kappa shape index (κ3) is 1.79. The number of nitrogens with zero attached hydrogens (tertiary/aromatic N) is 1. The fourth-order valence-electron chi connectivity index (χ4n) is 2.37. The molecule has 13 heavy (non-hydrogen) atoms. The van der Waals surface area contributed by atoms with Gasteiger partial charge in [-0.15, -0.1) is 0 Å². The Morgan fingerprint density at radius 1 is 1.38 bits per heavy atom. The van der Waals surface area contributed by atoms with Gasteiger partial charge >= 0.3 is 0 Å². The summed E-state index contributed by atoms with van der Waals surface area (Å²) in [5.41, 5.74) is 5.68. The first-order valence-corrected chi connectivity index (χ1v) is 5.37. The summed E-state index contributed by atoms with van der Waals surface area (Å²) >= 11 is 5.03. The van der Waals surface area contributed by atoms with Crippen molar-refractivity contribution in [2.75, 3.05) is 13.2 Å². The summed E-state index contributed by atoms with van der Waals surface area (Å²) in [5.74, 6) is 0. The van der Waals surface area contributed by atoms with Gasteiger partial charge in [-0.05, 0) is 25.1 Å². The molecule has 1 heterocycles. The van der Waals surface area contributed by atoms with E-state index in [4.69, 9.17) is 22.7 Å². The molecule has 0 amide bonds. The second-order valence-corrected chi connectivity index (χ2v) is 4.21. The van der Waals surface area contributed by atoms with E-state index in [9.17, 15) is 0 Å². The lowest BCUT2D eigenvalue weighted by atomic mass is 9.90. The van der Waals surface area contributed by atoms with Crippen LogP contribution in [0.1, 0.15) is 25.7 Å². The smallest absolute Gasteiger partial charge is 0.166 e. The molecule has 4 heteroatoms. The molecule has 1 saturated heterocycles. The van der Waals surface area contributed by atoms with E-state index in [1.54, 1.807) is 0 Å². The van der Waals surface area contributed by atoms with Crippen LogP contribution in [-0.2, 0) is 4.74 Å². The Kier molecular flexibility index (Phi) is 2.69. The number of rotatable bonds is 0. The highest BCUT2D eigenvalue weighted by molar-refractivity contribution is 7.80. The maximum Gasteiger partial charge on any atom is 0.166 e. The first-order chi connectivity index (χ1) is 6.29. The van der Waals surface area contributed by atoms with Crippen LogP contribution in [0.15, 0.2) is 0 Å². The molecule has 0 aromatic carbocycles. The van der Waals surface area contributed by atoms with Crippen molar-refractivity contribution >= 4 is 17.3 Å². The number of morpholine rings is 1. The third-order valence-electron chi connectivity index (χ3n) is 3.02. The maximum atomic E-state index is 5.71. The van der Waals surface area contributed by atoms with Gasteiger partial charge < -0.3 is 15.4 Å². The van der Waals surface area contributed by atoms with Crippen molar-refractivity contribution in [2.24, 2.45) is 5.73 Å². The van der Waals surface area contributed by atoms with E-state index < -0.39 is 0 Å². The zero-order valence-corrected chi connectivity index (χ0v) is 8.55. The summed E-state index contributed by atoms with van der Waals surface area (Å²) in [5, 5.41) is 0.542. The molecular formula is C9H16N2OS. The van der Waals surface area contributed by atoms with Crippen LogP contribution in [0.5, 0.6) is 0 Å². The molecule has 0 bridgehead atoms. The molecule has 0 aromatic rings. The topological polar surface area (TPSA) is 38.5 Å². The molecule has 1 aliphatic carbocycles. The van der Waals surface area contributed by atoms with Crippen molar-refractivity contribution in [2.45, 2.75) is 37.8 Å². The van der Waals surface area contributed by atoms with Gasteiger partial charge in [0.2, 0.25) is 0 Å². The van der Waals surface area contributed by atoms with E-state index in [0.29, 0.717) is 17.3 Å². The lowest BCUT2D eigenvalue weighted by Gasteiger charge is -2.44. The second-order valence-electron chi connectivity index (χ2n) is 3.79. The van der Waals surface area contributed by atoms with Crippen molar-refractivity contribution in [1.82, 2.24) is 4.90 Å². The van der Waals surface area contributed by atoms with Crippen LogP contribution in [-0.4, -0.2) is 35.3 Å². The molecule has 0 aromatic heterocycles. The molecule has 0 radical (unpaired) electrons. The number of nitrogens with two attached hydrogens (primary N) is 1. The molecule has 2 unspecified atom stereocenters. The van der Waals surface area contributed by atoms with Gasteiger partial charge in [-0.1, -0.05) is 12.8 Å². The van der Waals surface area contributed by atoms with E-state index in [1.165, 1.54) is 25.7 Å². The summed E-state index contributed by atoms with van der Waals surface area (Å²) < 4.78 is 5.71. The average molecular weight is 200 g/mol. The summed E-state index contributed by atoms with van der Waals surface area (Å²) in [6.07, 6.45) is 5.30. The van der Waals surface area contributed by atoms with Gasteiger partial charge in [-0.2, -0.15) is 0 Å². The fraction of sp³-hybridized carbons (Fsp3) is 0.889.